The molecule has 6 amide bonds. The summed E-state index contributed by atoms with van der Waals surface area (Å²) in [6.45, 7) is 2.17. The quantitative estimate of drug-likeness (QED) is 0.0782. The zero-order valence-electron chi connectivity index (χ0n) is 33.7. The molecule has 0 spiro atoms. The summed E-state index contributed by atoms with van der Waals surface area (Å²) < 4.78 is 18.8. The van der Waals surface area contributed by atoms with Gasteiger partial charge in [0.1, 0.15) is 17.4 Å². The lowest BCUT2D eigenvalue weighted by molar-refractivity contribution is -0.136. The highest BCUT2D eigenvalue weighted by molar-refractivity contribution is 6.25. The highest BCUT2D eigenvalue weighted by Crippen LogP contribution is 2.35. The number of anilines is 4. The fourth-order valence-corrected chi connectivity index (χ4v) is 7.61. The van der Waals surface area contributed by atoms with Gasteiger partial charge >= 0.3 is 0 Å². The van der Waals surface area contributed by atoms with Crippen LogP contribution in [0, 0.1) is 0 Å². The van der Waals surface area contributed by atoms with Crippen molar-refractivity contribution in [3.63, 3.8) is 0 Å². The molecule has 316 valence electrons. The van der Waals surface area contributed by atoms with Crippen molar-refractivity contribution in [1.82, 2.24) is 29.7 Å². The molecule has 1 atom stereocenters. The van der Waals surface area contributed by atoms with E-state index in [0.717, 1.165) is 47.3 Å². The minimum Gasteiger partial charge on any atom is -0.382 e. The molecule has 2 aliphatic heterocycles. The molecule has 4 heterocycles. The number of carbonyl (C=O) groups is 6. The van der Waals surface area contributed by atoms with Crippen LogP contribution in [-0.4, -0.2) is 126 Å². The van der Waals surface area contributed by atoms with E-state index in [1.807, 2.05) is 18.2 Å². The molecule has 4 N–H and O–H groups in total. The van der Waals surface area contributed by atoms with Crippen molar-refractivity contribution >= 4 is 69.5 Å². The fourth-order valence-electron chi connectivity index (χ4n) is 7.61. The number of piperidine rings is 1. The molecular weight excluding hydrogens is 775 g/mol. The zero-order valence-corrected chi connectivity index (χ0v) is 33.7. The van der Waals surface area contributed by atoms with E-state index in [2.05, 4.69) is 30.8 Å². The summed E-state index contributed by atoms with van der Waals surface area (Å²) in [7, 11) is 3.50. The van der Waals surface area contributed by atoms with Crippen LogP contribution in [0.15, 0.2) is 54.7 Å². The maximum Gasteiger partial charge on any atom is 0.270 e. The third-order valence-electron chi connectivity index (χ3n) is 10.6. The van der Waals surface area contributed by atoms with E-state index in [1.165, 1.54) is 0 Å². The predicted octanol–water partition coefficient (Wildman–Crippen LogP) is 3.88. The van der Waals surface area contributed by atoms with Crippen molar-refractivity contribution in [3.05, 3.63) is 71.5 Å². The average Bonchev–Trinajstić information content (AvgIpc) is 3.96. The number of ether oxygens (including phenoxy) is 3. The number of hydrogen-bond donors (Lipinski definition) is 4. The Morgan fingerprint density at radius 2 is 1.57 bits per heavy atom. The summed E-state index contributed by atoms with van der Waals surface area (Å²) in [6, 6.07) is 13.2. The van der Waals surface area contributed by atoms with Crippen LogP contribution in [0.2, 0.25) is 0 Å². The van der Waals surface area contributed by atoms with Crippen molar-refractivity contribution < 1.29 is 43.0 Å². The van der Waals surface area contributed by atoms with Crippen molar-refractivity contribution in [1.29, 1.82) is 0 Å². The molecule has 1 unspecified atom stereocenters. The number of imide groups is 2. The smallest absolute Gasteiger partial charge is 0.270 e. The Morgan fingerprint density at radius 1 is 0.867 bits per heavy atom. The fraction of sp³-hybridized carbons (Fsp3) is 0.429. The van der Waals surface area contributed by atoms with E-state index in [0.29, 0.717) is 62.6 Å². The Bertz CT molecular complexity index is 2250. The van der Waals surface area contributed by atoms with Gasteiger partial charge in [-0.1, -0.05) is 18.9 Å². The van der Waals surface area contributed by atoms with Gasteiger partial charge in [-0.2, -0.15) is 4.98 Å². The minimum absolute atomic E-state index is 0.0528. The second kappa shape index (κ2) is 19.2. The van der Waals surface area contributed by atoms with Gasteiger partial charge in [0.05, 0.1) is 57.2 Å². The van der Waals surface area contributed by atoms with Gasteiger partial charge in [-0.25, -0.2) is 4.98 Å². The molecule has 0 radical (unpaired) electrons. The molecule has 1 saturated heterocycles. The summed E-state index contributed by atoms with van der Waals surface area (Å²) in [6.07, 6.45) is 6.31. The van der Waals surface area contributed by atoms with Gasteiger partial charge in [0, 0.05) is 61.7 Å². The number of carbonyl (C=O) groups excluding carboxylic acids is 6. The normalized spacial score (nSPS) is 16.6. The van der Waals surface area contributed by atoms with E-state index in [9.17, 15) is 28.8 Å². The lowest BCUT2D eigenvalue weighted by atomic mass is 10.0. The second-order valence-electron chi connectivity index (χ2n) is 14.9. The second-order valence-corrected chi connectivity index (χ2v) is 14.9. The number of aromatic nitrogens is 3. The van der Waals surface area contributed by atoms with Crippen molar-refractivity contribution in [3.8, 4) is 0 Å². The Hall–Kier alpha value is -6.24. The Balaban J connectivity index is 0.756. The van der Waals surface area contributed by atoms with Crippen molar-refractivity contribution in [2.75, 3.05) is 76.2 Å². The first kappa shape index (κ1) is 41.9. The predicted molar refractivity (Wildman–Crippen MR) is 220 cm³/mol. The molecule has 4 aromatic rings. The molecular formula is C42H49N9O9. The monoisotopic (exact) mass is 823 g/mol. The molecule has 18 heteroatoms. The molecule has 0 bridgehead atoms. The Labute approximate surface area is 346 Å². The SMILES string of the molecule is CN(C)C(=O)c1cc2cnc(Nc3ccc(NC(=O)CCOCCOCCOCCNc4cccc5c4C(=O)N(C4CCC(=O)NC4=O)C5=O)cc3)nc2n1C1CCCC1. The van der Waals surface area contributed by atoms with Gasteiger partial charge in [-0.05, 0) is 61.7 Å². The van der Waals surface area contributed by atoms with Crippen LogP contribution in [0.3, 0.4) is 0 Å². The first-order chi connectivity index (χ1) is 29.1. The van der Waals surface area contributed by atoms with E-state index in [1.54, 1.807) is 55.5 Å². The molecule has 3 aliphatic rings. The largest absolute Gasteiger partial charge is 0.382 e. The topological polar surface area (TPSA) is 215 Å². The minimum atomic E-state index is -1.03. The highest BCUT2D eigenvalue weighted by atomic mass is 16.5. The lowest BCUT2D eigenvalue weighted by Gasteiger charge is -2.27. The molecule has 2 aromatic heterocycles. The van der Waals surface area contributed by atoms with Gasteiger partial charge in [0.15, 0.2) is 0 Å². The zero-order chi connectivity index (χ0) is 42.2. The van der Waals surface area contributed by atoms with Gasteiger partial charge in [-0.3, -0.25) is 39.0 Å². The van der Waals surface area contributed by atoms with E-state index >= 15 is 0 Å². The highest BCUT2D eigenvalue weighted by Gasteiger charge is 2.45. The number of nitrogens with zero attached hydrogens (tertiary/aromatic N) is 5. The number of benzene rings is 2. The van der Waals surface area contributed by atoms with Gasteiger partial charge in [-0.15, -0.1) is 0 Å². The van der Waals surface area contributed by atoms with Crippen molar-refractivity contribution in [2.24, 2.45) is 0 Å². The van der Waals surface area contributed by atoms with E-state index in [4.69, 9.17) is 19.2 Å². The molecule has 7 rings (SSSR count). The maximum absolute atomic E-state index is 13.2. The summed E-state index contributed by atoms with van der Waals surface area (Å²) in [4.78, 5) is 87.4. The number of fused-ring (bicyclic) bond motifs is 2. The first-order valence-electron chi connectivity index (χ1n) is 20.2. The standard InChI is InChI=1S/C42H49N9O9/c1-49(2)40(56)33-24-26-25-44-42(48-37(26)50(33)29-6-3-4-7-29)46-28-12-10-27(11-13-28)45-35(53)16-18-58-20-22-60-23-21-59-19-17-43-31-9-5-8-30-36(31)41(57)51(39(30)55)32-14-15-34(52)47-38(32)54/h5,8-13,24-25,29,32,43H,3-4,6-7,14-23H2,1-2H3,(H,45,53)(H,44,46,48)(H,47,52,54). The van der Waals surface area contributed by atoms with Crippen molar-refractivity contribution in [2.45, 2.75) is 57.0 Å². The summed E-state index contributed by atoms with van der Waals surface area (Å²) in [5, 5.41) is 12.2. The van der Waals surface area contributed by atoms with Crippen LogP contribution in [0.25, 0.3) is 11.0 Å². The number of nitrogens with one attached hydrogen (secondary N) is 4. The Kier molecular flexibility index (Phi) is 13.4. The van der Waals surface area contributed by atoms with Gasteiger partial charge < -0.3 is 39.6 Å². The van der Waals surface area contributed by atoms with Crippen LogP contribution in [0.5, 0.6) is 0 Å². The van der Waals surface area contributed by atoms with Crippen LogP contribution in [0.1, 0.15) is 82.2 Å². The molecule has 1 aliphatic carbocycles. The summed E-state index contributed by atoms with van der Waals surface area (Å²) in [5.41, 5.74) is 3.58. The molecule has 60 heavy (non-hydrogen) atoms. The van der Waals surface area contributed by atoms with Crippen LogP contribution in [-0.2, 0) is 28.6 Å². The van der Waals surface area contributed by atoms with Gasteiger partial charge in [0.2, 0.25) is 23.7 Å². The molecule has 1 saturated carbocycles. The van der Waals surface area contributed by atoms with Crippen LogP contribution in [0.4, 0.5) is 23.0 Å². The number of hydrogen-bond acceptors (Lipinski definition) is 13. The third kappa shape index (κ3) is 9.62. The van der Waals surface area contributed by atoms with Gasteiger partial charge in [0.25, 0.3) is 17.7 Å². The Morgan fingerprint density at radius 3 is 2.28 bits per heavy atom. The lowest BCUT2D eigenvalue weighted by Crippen LogP contribution is -2.54. The van der Waals surface area contributed by atoms with Crippen LogP contribution >= 0.6 is 0 Å². The van der Waals surface area contributed by atoms with E-state index in [-0.39, 0.29) is 54.9 Å². The molecule has 18 nitrogen and oxygen atoms in total. The van der Waals surface area contributed by atoms with E-state index < -0.39 is 29.7 Å². The number of amides is 6. The third-order valence-corrected chi connectivity index (χ3v) is 10.6. The van der Waals surface area contributed by atoms with Crippen LogP contribution < -0.4 is 21.3 Å². The number of rotatable bonds is 19. The summed E-state index contributed by atoms with van der Waals surface area (Å²) >= 11 is 0. The molecule has 2 fully saturated rings. The average molecular weight is 824 g/mol. The first-order valence-corrected chi connectivity index (χ1v) is 20.2. The molecule has 2 aromatic carbocycles. The summed E-state index contributed by atoms with van der Waals surface area (Å²) in [5.74, 6) is -2.06. The maximum atomic E-state index is 13.2.